The highest BCUT2D eigenvalue weighted by atomic mass is 32.1. The monoisotopic (exact) mass is 505 g/mol. The molecular formula is C28H35N5O2S. The Morgan fingerprint density at radius 1 is 1.08 bits per heavy atom. The van der Waals surface area contributed by atoms with Crippen LogP contribution in [0.15, 0.2) is 54.7 Å². The molecule has 0 aliphatic carbocycles. The number of aryl methyl sites for hydroxylation is 1. The summed E-state index contributed by atoms with van der Waals surface area (Å²) in [6, 6.07) is 16.7. The highest BCUT2D eigenvalue weighted by Gasteiger charge is 2.41. The lowest BCUT2D eigenvalue weighted by Gasteiger charge is -2.30. The van der Waals surface area contributed by atoms with Gasteiger partial charge in [-0.3, -0.25) is 9.88 Å². The topological polar surface area (TPSA) is 54.8 Å². The van der Waals surface area contributed by atoms with E-state index >= 15 is 0 Å². The highest BCUT2D eigenvalue weighted by Crippen LogP contribution is 2.41. The number of pyridine rings is 1. The minimum atomic E-state index is -0.0126. The second kappa shape index (κ2) is 11.0. The largest absolute Gasteiger partial charge is 0.497 e. The average Bonchev–Trinajstić information content (AvgIpc) is 3.39. The quantitative estimate of drug-likeness (QED) is 0.461. The van der Waals surface area contributed by atoms with Crippen molar-refractivity contribution in [3.05, 3.63) is 77.4 Å². The van der Waals surface area contributed by atoms with E-state index in [0.29, 0.717) is 0 Å². The van der Waals surface area contributed by atoms with Gasteiger partial charge in [-0.15, -0.1) is 0 Å². The van der Waals surface area contributed by atoms with E-state index in [1.165, 1.54) is 17.0 Å². The molecule has 1 N–H and O–H groups in total. The van der Waals surface area contributed by atoms with Gasteiger partial charge in [0.05, 0.1) is 38.1 Å². The van der Waals surface area contributed by atoms with E-state index in [4.69, 9.17) is 26.7 Å². The minimum absolute atomic E-state index is 0.0126. The number of rotatable bonds is 8. The lowest BCUT2D eigenvalue weighted by molar-refractivity contribution is 0.0365. The van der Waals surface area contributed by atoms with Gasteiger partial charge in [-0.1, -0.05) is 12.1 Å². The van der Waals surface area contributed by atoms with E-state index in [2.05, 4.69) is 57.8 Å². The molecule has 5 rings (SSSR count). The standard InChI is InChI=1S/C28H35N5O2S/c1-20-18-24(21(2)33(20)22-8-6-9-23(19-22)34-3)27-26(25-10-4-5-11-29-25)30-28(36)32(27)13-7-12-31-14-16-35-17-15-31/h4-6,8-11,18-19,26-27H,7,12-17H2,1-3H3,(H,30,36)/t26-,27+/m0/s1. The van der Waals surface area contributed by atoms with Crippen LogP contribution in [0.4, 0.5) is 0 Å². The lowest BCUT2D eigenvalue weighted by Crippen LogP contribution is -2.39. The third-order valence-electron chi connectivity index (χ3n) is 7.28. The maximum absolute atomic E-state index is 5.90. The maximum atomic E-state index is 5.90. The van der Waals surface area contributed by atoms with E-state index in [1.54, 1.807) is 7.11 Å². The molecule has 2 aromatic heterocycles. The molecule has 4 heterocycles. The van der Waals surface area contributed by atoms with E-state index in [-0.39, 0.29) is 12.1 Å². The van der Waals surface area contributed by atoms with Crippen LogP contribution in [-0.2, 0) is 4.74 Å². The molecule has 0 saturated carbocycles. The predicted molar refractivity (Wildman–Crippen MR) is 146 cm³/mol. The summed E-state index contributed by atoms with van der Waals surface area (Å²) in [5, 5.41) is 4.40. The molecule has 36 heavy (non-hydrogen) atoms. The fraction of sp³-hybridized carbons (Fsp3) is 0.429. The molecule has 0 radical (unpaired) electrons. The Kier molecular flexibility index (Phi) is 7.55. The van der Waals surface area contributed by atoms with Crippen LogP contribution in [0, 0.1) is 13.8 Å². The van der Waals surface area contributed by atoms with Crippen molar-refractivity contribution < 1.29 is 9.47 Å². The first-order chi connectivity index (χ1) is 17.6. The summed E-state index contributed by atoms with van der Waals surface area (Å²) in [4.78, 5) is 9.55. The Hall–Kier alpha value is -2.94. The molecule has 3 aromatic rings. The molecular weight excluding hydrogens is 470 g/mol. The number of hydrogen-bond acceptors (Lipinski definition) is 5. The van der Waals surface area contributed by atoms with Gasteiger partial charge >= 0.3 is 0 Å². The van der Waals surface area contributed by atoms with Crippen LogP contribution in [0.3, 0.4) is 0 Å². The summed E-state index contributed by atoms with van der Waals surface area (Å²) in [5.41, 5.74) is 5.76. The van der Waals surface area contributed by atoms with Crippen LogP contribution in [0.2, 0.25) is 0 Å². The van der Waals surface area contributed by atoms with Crippen molar-refractivity contribution in [2.45, 2.75) is 32.4 Å². The van der Waals surface area contributed by atoms with E-state index in [9.17, 15) is 0 Å². The molecule has 2 aliphatic rings. The van der Waals surface area contributed by atoms with Crippen LogP contribution in [0.1, 0.15) is 41.1 Å². The third-order valence-corrected chi connectivity index (χ3v) is 7.63. The van der Waals surface area contributed by atoms with E-state index in [0.717, 1.165) is 68.1 Å². The van der Waals surface area contributed by atoms with Crippen LogP contribution in [0.5, 0.6) is 5.75 Å². The normalized spacial score (nSPS) is 20.5. The summed E-state index contributed by atoms with van der Waals surface area (Å²) in [7, 11) is 1.71. The Labute approximate surface area is 219 Å². The second-order valence-electron chi connectivity index (χ2n) is 9.49. The first kappa shape index (κ1) is 24.7. The van der Waals surface area contributed by atoms with Crippen LogP contribution in [-0.4, -0.2) is 71.0 Å². The maximum Gasteiger partial charge on any atom is 0.170 e. The molecule has 190 valence electrons. The molecule has 8 heteroatoms. The Morgan fingerprint density at radius 3 is 2.67 bits per heavy atom. The Balaban J connectivity index is 1.48. The molecule has 2 saturated heterocycles. The summed E-state index contributed by atoms with van der Waals surface area (Å²) in [6.45, 7) is 9.95. The number of thiocarbonyl (C=S) groups is 1. The van der Waals surface area contributed by atoms with Gasteiger partial charge in [0, 0.05) is 55.5 Å². The lowest BCUT2D eigenvalue weighted by atomic mass is 9.96. The molecule has 2 atom stereocenters. The van der Waals surface area contributed by atoms with Gasteiger partial charge in [-0.2, -0.15) is 0 Å². The molecule has 2 aliphatic heterocycles. The molecule has 2 fully saturated rings. The van der Waals surface area contributed by atoms with Gasteiger partial charge in [-0.25, -0.2) is 0 Å². The zero-order valence-corrected chi connectivity index (χ0v) is 22.1. The van der Waals surface area contributed by atoms with Crippen molar-refractivity contribution in [2.24, 2.45) is 0 Å². The van der Waals surface area contributed by atoms with Crippen molar-refractivity contribution in [3.63, 3.8) is 0 Å². The number of methoxy groups -OCH3 is 1. The van der Waals surface area contributed by atoms with Gasteiger partial charge in [0.25, 0.3) is 0 Å². The van der Waals surface area contributed by atoms with E-state index < -0.39 is 0 Å². The van der Waals surface area contributed by atoms with E-state index in [1.807, 2.05) is 30.5 Å². The molecule has 7 nitrogen and oxygen atoms in total. The van der Waals surface area contributed by atoms with Crippen molar-refractivity contribution in [1.29, 1.82) is 0 Å². The highest BCUT2D eigenvalue weighted by molar-refractivity contribution is 7.80. The number of nitrogens with zero attached hydrogens (tertiary/aromatic N) is 4. The first-order valence-electron chi connectivity index (χ1n) is 12.7. The number of aromatic nitrogens is 2. The van der Waals surface area contributed by atoms with Crippen LogP contribution >= 0.6 is 12.2 Å². The zero-order valence-electron chi connectivity index (χ0n) is 21.3. The Morgan fingerprint density at radius 2 is 1.92 bits per heavy atom. The van der Waals surface area contributed by atoms with Crippen molar-refractivity contribution in [3.8, 4) is 11.4 Å². The smallest absolute Gasteiger partial charge is 0.170 e. The zero-order chi connectivity index (χ0) is 25.1. The van der Waals surface area contributed by atoms with Gasteiger partial charge in [-0.05, 0) is 68.4 Å². The summed E-state index contributed by atoms with van der Waals surface area (Å²) < 4.78 is 13.3. The molecule has 1 aromatic carbocycles. The fourth-order valence-electron chi connectivity index (χ4n) is 5.51. The summed E-state index contributed by atoms with van der Waals surface area (Å²) in [6.07, 6.45) is 2.90. The van der Waals surface area contributed by atoms with Gasteiger partial charge in [0.2, 0.25) is 0 Å². The minimum Gasteiger partial charge on any atom is -0.497 e. The van der Waals surface area contributed by atoms with Gasteiger partial charge in [0.1, 0.15) is 5.75 Å². The molecule has 0 unspecified atom stereocenters. The van der Waals surface area contributed by atoms with Crippen molar-refractivity contribution >= 4 is 17.3 Å². The van der Waals surface area contributed by atoms with Crippen LogP contribution < -0.4 is 10.1 Å². The van der Waals surface area contributed by atoms with Crippen molar-refractivity contribution in [1.82, 2.24) is 24.7 Å². The Bertz CT molecular complexity index is 1190. The molecule has 0 spiro atoms. The SMILES string of the molecule is COc1cccc(-n2c(C)cc([C@@H]3[C@H](c4ccccn4)NC(=S)N3CCCN3CCOCC3)c2C)c1. The first-order valence-corrected chi connectivity index (χ1v) is 13.1. The number of hydrogen-bond donors (Lipinski definition) is 1. The van der Waals surface area contributed by atoms with Gasteiger partial charge in [0.15, 0.2) is 5.11 Å². The molecule has 0 amide bonds. The summed E-state index contributed by atoms with van der Waals surface area (Å²) in [5.74, 6) is 0.848. The second-order valence-corrected chi connectivity index (χ2v) is 9.88. The number of ether oxygens (including phenoxy) is 2. The third kappa shape index (κ3) is 4.98. The summed E-state index contributed by atoms with van der Waals surface area (Å²) >= 11 is 5.90. The fourth-order valence-corrected chi connectivity index (χ4v) is 5.84. The van der Waals surface area contributed by atoms with Gasteiger partial charge < -0.3 is 24.3 Å². The number of benzene rings is 1. The average molecular weight is 506 g/mol. The van der Waals surface area contributed by atoms with Crippen molar-refractivity contribution in [2.75, 3.05) is 46.5 Å². The number of nitrogens with one attached hydrogen (secondary N) is 1. The van der Waals surface area contributed by atoms with Crippen LogP contribution in [0.25, 0.3) is 5.69 Å². The predicted octanol–water partition coefficient (Wildman–Crippen LogP) is 4.19. The molecule has 0 bridgehead atoms. The number of morpholine rings is 1.